The van der Waals surface area contributed by atoms with Crippen molar-refractivity contribution in [2.24, 2.45) is 0 Å². The number of hydrogen-bond acceptors (Lipinski definition) is 5. The lowest BCUT2D eigenvalue weighted by Gasteiger charge is -2.12. The molecule has 2 aromatic rings. The van der Waals surface area contributed by atoms with Crippen molar-refractivity contribution in [3.05, 3.63) is 35.1 Å². The fourth-order valence-electron chi connectivity index (χ4n) is 1.65. The van der Waals surface area contributed by atoms with Gasteiger partial charge in [-0.1, -0.05) is 24.3 Å². The summed E-state index contributed by atoms with van der Waals surface area (Å²) < 4.78 is 0. The summed E-state index contributed by atoms with van der Waals surface area (Å²) in [5, 5.41) is 14.9. The predicted octanol–water partition coefficient (Wildman–Crippen LogP) is 2.77. The van der Waals surface area contributed by atoms with Crippen LogP contribution in [0.1, 0.15) is 37.0 Å². The Balaban J connectivity index is 1.88. The zero-order valence-corrected chi connectivity index (χ0v) is 12.3. The molecule has 106 valence electrons. The van der Waals surface area contributed by atoms with Crippen LogP contribution in [0, 0.1) is 0 Å². The van der Waals surface area contributed by atoms with Gasteiger partial charge in [0.15, 0.2) is 0 Å². The van der Waals surface area contributed by atoms with Gasteiger partial charge in [0, 0.05) is 12.6 Å². The molecule has 2 rings (SSSR count). The summed E-state index contributed by atoms with van der Waals surface area (Å²) >= 11 is 1.40. The predicted molar refractivity (Wildman–Crippen MR) is 78.7 cm³/mol. The van der Waals surface area contributed by atoms with E-state index in [0.717, 1.165) is 23.5 Å². The molecule has 20 heavy (non-hydrogen) atoms. The minimum atomic E-state index is -0.303. The number of carbonyl (C=O) groups excluding carboxylic acids is 1. The Bertz CT molecular complexity index is 557. The minimum absolute atomic E-state index is 0.167. The van der Waals surface area contributed by atoms with Gasteiger partial charge < -0.3 is 5.32 Å². The number of amides is 2. The third-order valence-corrected chi connectivity index (χ3v) is 3.53. The van der Waals surface area contributed by atoms with Crippen LogP contribution < -0.4 is 10.6 Å². The molecule has 0 bridgehead atoms. The van der Waals surface area contributed by atoms with E-state index in [0.29, 0.717) is 5.13 Å². The molecule has 2 heterocycles. The van der Waals surface area contributed by atoms with Crippen molar-refractivity contribution < 1.29 is 4.79 Å². The van der Waals surface area contributed by atoms with E-state index in [1.54, 1.807) is 6.20 Å². The quantitative estimate of drug-likeness (QED) is 0.887. The lowest BCUT2D eigenvalue weighted by atomic mass is 10.2. The van der Waals surface area contributed by atoms with Crippen molar-refractivity contribution in [1.82, 2.24) is 20.5 Å². The number of anilines is 1. The van der Waals surface area contributed by atoms with Crippen molar-refractivity contribution in [3.8, 4) is 0 Å². The Morgan fingerprint density at radius 2 is 2.25 bits per heavy atom. The molecular formula is C13H17N5OS. The summed E-state index contributed by atoms with van der Waals surface area (Å²) in [5.41, 5.74) is 0.812. The molecule has 2 amide bonds. The van der Waals surface area contributed by atoms with Gasteiger partial charge in [0.1, 0.15) is 5.01 Å². The molecule has 0 aliphatic carbocycles. The Morgan fingerprint density at radius 3 is 2.95 bits per heavy atom. The van der Waals surface area contributed by atoms with Crippen molar-refractivity contribution in [3.63, 3.8) is 0 Å². The first kappa shape index (κ1) is 14.4. The number of urea groups is 1. The molecule has 6 nitrogen and oxygen atoms in total. The Hall–Kier alpha value is -2.02. The van der Waals surface area contributed by atoms with Crippen LogP contribution >= 0.6 is 11.3 Å². The average molecular weight is 291 g/mol. The topological polar surface area (TPSA) is 79.8 Å². The molecule has 7 heteroatoms. The van der Waals surface area contributed by atoms with Crippen LogP contribution in [0.3, 0.4) is 0 Å². The van der Waals surface area contributed by atoms with Gasteiger partial charge >= 0.3 is 6.03 Å². The number of aryl methyl sites for hydroxylation is 1. The van der Waals surface area contributed by atoms with Crippen LogP contribution in [-0.2, 0) is 6.42 Å². The van der Waals surface area contributed by atoms with Crippen molar-refractivity contribution >= 4 is 22.5 Å². The minimum Gasteiger partial charge on any atom is -0.330 e. The number of rotatable bonds is 5. The normalized spacial score (nSPS) is 11.9. The Morgan fingerprint density at radius 1 is 1.40 bits per heavy atom. The number of pyridine rings is 1. The van der Waals surface area contributed by atoms with Crippen LogP contribution in [-0.4, -0.2) is 21.2 Å². The molecule has 0 saturated carbocycles. The van der Waals surface area contributed by atoms with Gasteiger partial charge in [0.05, 0.1) is 11.7 Å². The highest BCUT2D eigenvalue weighted by atomic mass is 32.1. The summed E-state index contributed by atoms with van der Waals surface area (Å²) in [6.07, 6.45) is 3.59. The average Bonchev–Trinajstić information content (AvgIpc) is 2.87. The SMILES string of the molecule is CCCc1nnc(NC(=O)NC(C)c2ccccn2)s1. The fraction of sp³-hybridized carbons (Fsp3) is 0.385. The van der Waals surface area contributed by atoms with E-state index in [9.17, 15) is 4.79 Å². The second-order valence-corrected chi connectivity index (χ2v) is 5.39. The molecule has 0 aromatic carbocycles. The van der Waals surface area contributed by atoms with Gasteiger partial charge in [-0.25, -0.2) is 4.79 Å². The largest absolute Gasteiger partial charge is 0.330 e. The van der Waals surface area contributed by atoms with Gasteiger partial charge in [0.25, 0.3) is 0 Å². The zero-order valence-electron chi connectivity index (χ0n) is 11.5. The molecule has 0 fully saturated rings. The number of nitrogens with one attached hydrogen (secondary N) is 2. The maximum atomic E-state index is 11.9. The van der Waals surface area contributed by atoms with E-state index >= 15 is 0 Å². The zero-order chi connectivity index (χ0) is 14.4. The lowest BCUT2D eigenvalue weighted by Crippen LogP contribution is -2.31. The molecule has 0 aliphatic heterocycles. The number of aromatic nitrogens is 3. The van der Waals surface area contributed by atoms with E-state index < -0.39 is 0 Å². The summed E-state index contributed by atoms with van der Waals surface area (Å²) in [4.78, 5) is 16.1. The highest BCUT2D eigenvalue weighted by Gasteiger charge is 2.12. The molecular weight excluding hydrogens is 274 g/mol. The Kier molecular flexibility index (Phi) is 5.00. The van der Waals surface area contributed by atoms with Crippen LogP contribution in [0.25, 0.3) is 0 Å². The molecule has 1 unspecified atom stereocenters. The van der Waals surface area contributed by atoms with Gasteiger partial charge in [-0.2, -0.15) is 0 Å². The second-order valence-electron chi connectivity index (χ2n) is 4.33. The molecule has 0 radical (unpaired) electrons. The van der Waals surface area contributed by atoms with Crippen molar-refractivity contribution in [1.29, 1.82) is 0 Å². The Labute approximate surface area is 121 Å². The molecule has 2 N–H and O–H groups in total. The lowest BCUT2D eigenvalue weighted by molar-refractivity contribution is 0.249. The third kappa shape index (κ3) is 3.99. The van der Waals surface area contributed by atoms with Gasteiger partial charge in [-0.05, 0) is 25.5 Å². The van der Waals surface area contributed by atoms with Gasteiger partial charge in [0.2, 0.25) is 5.13 Å². The standard InChI is InChI=1S/C13H17N5OS/c1-3-6-11-17-18-13(20-11)16-12(19)15-9(2)10-7-4-5-8-14-10/h4-5,7-9H,3,6H2,1-2H3,(H2,15,16,18,19). The second kappa shape index (κ2) is 6.95. The van der Waals surface area contributed by atoms with Crippen LogP contribution in [0.2, 0.25) is 0 Å². The van der Waals surface area contributed by atoms with Crippen LogP contribution in [0.5, 0.6) is 0 Å². The van der Waals surface area contributed by atoms with Gasteiger partial charge in [-0.3, -0.25) is 10.3 Å². The van der Waals surface area contributed by atoms with Crippen LogP contribution in [0.15, 0.2) is 24.4 Å². The van der Waals surface area contributed by atoms with E-state index in [-0.39, 0.29) is 12.1 Å². The van der Waals surface area contributed by atoms with Gasteiger partial charge in [-0.15, -0.1) is 10.2 Å². The van der Waals surface area contributed by atoms with Crippen molar-refractivity contribution in [2.75, 3.05) is 5.32 Å². The maximum absolute atomic E-state index is 11.9. The molecule has 0 saturated heterocycles. The van der Waals surface area contributed by atoms with E-state index in [2.05, 4.69) is 32.7 Å². The first-order valence-corrected chi connectivity index (χ1v) is 7.31. The van der Waals surface area contributed by atoms with Crippen LogP contribution in [0.4, 0.5) is 9.93 Å². The highest BCUT2D eigenvalue weighted by Crippen LogP contribution is 2.16. The summed E-state index contributed by atoms with van der Waals surface area (Å²) in [6, 6.07) is 5.13. The molecule has 0 spiro atoms. The maximum Gasteiger partial charge on any atom is 0.321 e. The highest BCUT2D eigenvalue weighted by molar-refractivity contribution is 7.15. The van der Waals surface area contributed by atoms with E-state index in [1.165, 1.54) is 11.3 Å². The smallest absolute Gasteiger partial charge is 0.321 e. The number of hydrogen-bond donors (Lipinski definition) is 2. The summed E-state index contributed by atoms with van der Waals surface area (Å²) in [6.45, 7) is 3.96. The van der Waals surface area contributed by atoms with E-state index in [4.69, 9.17) is 0 Å². The third-order valence-electron chi connectivity index (χ3n) is 2.63. The number of nitrogens with zero attached hydrogens (tertiary/aromatic N) is 3. The van der Waals surface area contributed by atoms with Crippen molar-refractivity contribution in [2.45, 2.75) is 32.7 Å². The summed E-state index contributed by atoms with van der Waals surface area (Å²) in [5.74, 6) is 0. The molecule has 1 atom stereocenters. The van der Waals surface area contributed by atoms with E-state index in [1.807, 2.05) is 25.1 Å². The first-order chi connectivity index (χ1) is 9.69. The summed E-state index contributed by atoms with van der Waals surface area (Å²) in [7, 11) is 0. The fourth-order valence-corrected chi connectivity index (χ4v) is 2.49. The first-order valence-electron chi connectivity index (χ1n) is 6.50. The molecule has 0 aliphatic rings. The monoisotopic (exact) mass is 291 g/mol. The number of carbonyl (C=O) groups is 1. The molecule has 2 aromatic heterocycles.